The second kappa shape index (κ2) is 8.05. The molecule has 1 amide bonds. The van der Waals surface area contributed by atoms with Crippen molar-refractivity contribution in [2.45, 2.75) is 12.8 Å². The molecule has 7 heteroatoms. The quantitative estimate of drug-likeness (QED) is 0.629. The third-order valence-electron chi connectivity index (χ3n) is 5.01. The molecule has 1 aliphatic rings. The smallest absolute Gasteiger partial charge is 0.276 e. The summed E-state index contributed by atoms with van der Waals surface area (Å²) >= 11 is 1.55. The number of hydrogen-bond acceptors (Lipinski definition) is 5. The van der Waals surface area contributed by atoms with Gasteiger partial charge >= 0.3 is 0 Å². The molecule has 29 heavy (non-hydrogen) atoms. The number of hydrogen-bond donors (Lipinski definition) is 0. The van der Waals surface area contributed by atoms with Gasteiger partial charge in [0, 0.05) is 38.3 Å². The van der Waals surface area contributed by atoms with Crippen molar-refractivity contribution in [3.8, 4) is 10.6 Å². The van der Waals surface area contributed by atoms with Gasteiger partial charge in [0.05, 0.1) is 11.1 Å². The molecule has 0 spiro atoms. The van der Waals surface area contributed by atoms with Gasteiger partial charge in [-0.05, 0) is 35.1 Å². The molecule has 0 saturated carbocycles. The number of thiophene rings is 1. The van der Waals surface area contributed by atoms with Crippen LogP contribution in [0.4, 0.5) is 0 Å². The van der Waals surface area contributed by atoms with Crippen LogP contribution in [0.25, 0.3) is 10.6 Å². The summed E-state index contributed by atoms with van der Waals surface area (Å²) in [5.41, 5.74) is 3.57. The molecule has 1 aliphatic heterocycles. The summed E-state index contributed by atoms with van der Waals surface area (Å²) in [7, 11) is 1.89. The first-order chi connectivity index (χ1) is 14.1. The number of allylic oxidation sites excluding steroid dienone is 2. The lowest BCUT2D eigenvalue weighted by Gasteiger charge is -2.34. The van der Waals surface area contributed by atoms with Crippen molar-refractivity contribution in [3.63, 3.8) is 0 Å². The lowest BCUT2D eigenvalue weighted by molar-refractivity contribution is 0.0747. The molecular formula is C22H22N4O2S. The van der Waals surface area contributed by atoms with Crippen LogP contribution in [0, 0.1) is 0 Å². The lowest BCUT2D eigenvalue weighted by atomic mass is 9.85. The largest absolute Gasteiger partial charge is 0.355 e. The monoisotopic (exact) mass is 406 g/mol. The maximum Gasteiger partial charge on any atom is 0.276 e. The number of carbonyl (C=O) groups is 1. The number of rotatable bonds is 5. The van der Waals surface area contributed by atoms with E-state index in [9.17, 15) is 4.79 Å². The molecule has 1 unspecified atom stereocenters. The van der Waals surface area contributed by atoms with E-state index in [1.54, 1.807) is 27.0 Å². The highest BCUT2D eigenvalue weighted by Gasteiger charge is 2.31. The van der Waals surface area contributed by atoms with Crippen molar-refractivity contribution < 1.29 is 9.32 Å². The SMILES string of the molecule is C=CC1=C(/C=C\C)C(c2cnn(C)c2)CN(C(=O)c2cc(-c3cccs3)on2)C1. The van der Waals surface area contributed by atoms with Crippen molar-refractivity contribution in [2.24, 2.45) is 7.05 Å². The van der Waals surface area contributed by atoms with Gasteiger partial charge < -0.3 is 9.42 Å². The lowest BCUT2D eigenvalue weighted by Crippen LogP contribution is -2.40. The Bertz CT molecular complexity index is 1090. The van der Waals surface area contributed by atoms with Gasteiger partial charge in [-0.15, -0.1) is 11.3 Å². The molecule has 0 saturated heterocycles. The van der Waals surface area contributed by atoms with Crippen molar-refractivity contribution in [1.29, 1.82) is 0 Å². The Morgan fingerprint density at radius 1 is 1.45 bits per heavy atom. The van der Waals surface area contributed by atoms with E-state index in [0.717, 1.165) is 16.0 Å². The molecule has 3 aromatic rings. The summed E-state index contributed by atoms with van der Waals surface area (Å²) in [6.07, 6.45) is 9.80. The fraction of sp³-hybridized carbons (Fsp3) is 0.227. The van der Waals surface area contributed by atoms with Gasteiger partial charge in [-0.25, -0.2) is 0 Å². The van der Waals surface area contributed by atoms with Gasteiger partial charge in [-0.2, -0.15) is 5.10 Å². The molecule has 1 atom stereocenters. The molecule has 148 valence electrons. The van der Waals surface area contributed by atoms with E-state index >= 15 is 0 Å². The zero-order valence-electron chi connectivity index (χ0n) is 16.4. The summed E-state index contributed by atoms with van der Waals surface area (Å²) in [6.45, 7) is 6.99. The average Bonchev–Trinajstić information content (AvgIpc) is 3.48. The van der Waals surface area contributed by atoms with Gasteiger partial charge in [0.2, 0.25) is 0 Å². The van der Waals surface area contributed by atoms with E-state index in [1.807, 2.05) is 56.0 Å². The Morgan fingerprint density at radius 2 is 2.31 bits per heavy atom. The second-order valence-electron chi connectivity index (χ2n) is 6.92. The summed E-state index contributed by atoms with van der Waals surface area (Å²) in [6, 6.07) is 5.60. The van der Waals surface area contributed by atoms with Crippen LogP contribution in [0.1, 0.15) is 28.9 Å². The Morgan fingerprint density at radius 3 is 2.97 bits per heavy atom. The van der Waals surface area contributed by atoms with Crippen molar-refractivity contribution in [1.82, 2.24) is 19.8 Å². The maximum absolute atomic E-state index is 13.2. The van der Waals surface area contributed by atoms with Gasteiger partial charge in [-0.3, -0.25) is 9.48 Å². The molecule has 4 rings (SSSR count). The predicted molar refractivity (Wildman–Crippen MR) is 114 cm³/mol. The van der Waals surface area contributed by atoms with Gasteiger partial charge in [0.15, 0.2) is 11.5 Å². The van der Waals surface area contributed by atoms with E-state index < -0.39 is 0 Å². The molecule has 0 aliphatic carbocycles. The van der Waals surface area contributed by atoms with Crippen LogP contribution in [0.5, 0.6) is 0 Å². The summed E-state index contributed by atoms with van der Waals surface area (Å²) in [5, 5.41) is 10.3. The molecule has 6 nitrogen and oxygen atoms in total. The second-order valence-corrected chi connectivity index (χ2v) is 7.87. The van der Waals surface area contributed by atoms with E-state index in [0.29, 0.717) is 24.5 Å². The fourth-order valence-corrected chi connectivity index (χ4v) is 4.30. The van der Waals surface area contributed by atoms with Crippen LogP contribution in [0.2, 0.25) is 0 Å². The minimum absolute atomic E-state index is 0.0225. The third-order valence-corrected chi connectivity index (χ3v) is 5.90. The van der Waals surface area contributed by atoms with Gasteiger partial charge in [-0.1, -0.05) is 36.0 Å². The Hall–Kier alpha value is -3.19. The highest BCUT2D eigenvalue weighted by Crippen LogP contribution is 2.34. The minimum Gasteiger partial charge on any atom is -0.355 e. The van der Waals surface area contributed by atoms with E-state index in [2.05, 4.69) is 22.9 Å². The first-order valence-corrected chi connectivity index (χ1v) is 10.2. The Balaban J connectivity index is 1.66. The molecule has 0 N–H and O–H groups in total. The topological polar surface area (TPSA) is 64.2 Å². The number of amides is 1. The highest BCUT2D eigenvalue weighted by atomic mass is 32.1. The van der Waals surface area contributed by atoms with Crippen LogP contribution < -0.4 is 0 Å². The summed E-state index contributed by atoms with van der Waals surface area (Å²) in [5.74, 6) is 0.483. The fourth-order valence-electron chi connectivity index (χ4n) is 3.62. The number of carbonyl (C=O) groups excluding carboxylic acids is 1. The van der Waals surface area contributed by atoms with Crippen LogP contribution in [0.3, 0.4) is 0 Å². The van der Waals surface area contributed by atoms with Crippen LogP contribution >= 0.6 is 11.3 Å². The first kappa shape index (κ1) is 19.1. The van der Waals surface area contributed by atoms with Crippen molar-refractivity contribution in [3.05, 3.63) is 83.2 Å². The zero-order chi connectivity index (χ0) is 20.4. The van der Waals surface area contributed by atoms with Gasteiger partial charge in [0.1, 0.15) is 0 Å². The third kappa shape index (κ3) is 3.73. The number of nitrogens with zero attached hydrogens (tertiary/aromatic N) is 4. The van der Waals surface area contributed by atoms with Crippen LogP contribution in [-0.2, 0) is 7.05 Å². The highest BCUT2D eigenvalue weighted by molar-refractivity contribution is 7.13. The van der Waals surface area contributed by atoms with E-state index in [4.69, 9.17) is 4.52 Å². The maximum atomic E-state index is 13.2. The molecule has 0 aromatic carbocycles. The normalized spacial score (nSPS) is 17.3. The Labute approximate surface area is 173 Å². The molecule has 0 radical (unpaired) electrons. The van der Waals surface area contributed by atoms with Crippen molar-refractivity contribution in [2.75, 3.05) is 13.1 Å². The average molecular weight is 407 g/mol. The standard InChI is InChI=1S/C22H22N4O2S/c1-4-7-17-15(5-2)13-26(14-18(17)16-11-23-25(3)12-16)22(27)19-10-20(28-24-19)21-8-6-9-29-21/h4-12,18H,2,13-14H2,1,3H3/b7-4-. The molecular weight excluding hydrogens is 384 g/mol. The summed E-state index contributed by atoms with van der Waals surface area (Å²) < 4.78 is 7.18. The molecule has 0 fully saturated rings. The van der Waals surface area contributed by atoms with Crippen LogP contribution in [0.15, 0.2) is 76.4 Å². The first-order valence-electron chi connectivity index (χ1n) is 9.37. The number of aryl methyl sites for hydroxylation is 1. The van der Waals surface area contributed by atoms with Crippen LogP contribution in [-0.4, -0.2) is 38.8 Å². The summed E-state index contributed by atoms with van der Waals surface area (Å²) in [4.78, 5) is 16.0. The number of aromatic nitrogens is 3. The molecule has 0 bridgehead atoms. The van der Waals surface area contributed by atoms with E-state index in [1.165, 1.54) is 5.57 Å². The Kier molecular flexibility index (Phi) is 5.31. The predicted octanol–water partition coefficient (Wildman–Crippen LogP) is 4.43. The van der Waals surface area contributed by atoms with Gasteiger partial charge in [0.25, 0.3) is 5.91 Å². The minimum atomic E-state index is -0.149. The van der Waals surface area contributed by atoms with E-state index in [-0.39, 0.29) is 11.8 Å². The molecule has 3 aromatic heterocycles. The molecule has 4 heterocycles. The zero-order valence-corrected chi connectivity index (χ0v) is 17.2. The van der Waals surface area contributed by atoms with Crippen molar-refractivity contribution >= 4 is 17.2 Å².